The number of rotatable bonds is 4. The first-order valence-electron chi connectivity index (χ1n) is 7.88. The van der Waals surface area contributed by atoms with Gasteiger partial charge in [0.2, 0.25) is 5.91 Å². The molecule has 0 saturated carbocycles. The number of hydrogen-bond acceptors (Lipinski definition) is 3. The van der Waals surface area contributed by atoms with E-state index in [1.807, 2.05) is 22.4 Å². The number of hydrogen-bond donors (Lipinski definition) is 1. The van der Waals surface area contributed by atoms with E-state index in [4.69, 9.17) is 0 Å². The van der Waals surface area contributed by atoms with Gasteiger partial charge in [-0.25, -0.2) is 0 Å². The normalized spacial score (nSPS) is 16.7. The second-order valence-corrected chi connectivity index (χ2v) is 6.43. The molecule has 1 aliphatic rings. The van der Waals surface area contributed by atoms with Crippen LogP contribution < -0.4 is 5.32 Å². The van der Waals surface area contributed by atoms with Crippen LogP contribution in [0.25, 0.3) is 0 Å². The Kier molecular flexibility index (Phi) is 4.76. The quantitative estimate of drug-likeness (QED) is 0.938. The molecule has 1 aliphatic heterocycles. The van der Waals surface area contributed by atoms with Crippen LogP contribution in [0.2, 0.25) is 0 Å². The summed E-state index contributed by atoms with van der Waals surface area (Å²) in [6, 6.07) is 10.2. The molecule has 2 amide bonds. The molecule has 0 aliphatic carbocycles. The standard InChI is InChI=1S/C18H20N2O2S/c1-2-16-15-6-4-3-5-13(15)7-9-20(16)17(21)11-19-18(22)14-8-10-23-12-14/h3-6,8,10,12,16H,2,7,9,11H2,1H3,(H,19,22). The summed E-state index contributed by atoms with van der Waals surface area (Å²) in [6.07, 6.45) is 1.75. The second-order valence-electron chi connectivity index (χ2n) is 5.65. The molecule has 1 atom stereocenters. The molecule has 120 valence electrons. The monoisotopic (exact) mass is 328 g/mol. The van der Waals surface area contributed by atoms with Crippen molar-refractivity contribution in [3.05, 3.63) is 57.8 Å². The minimum absolute atomic E-state index is 0.0186. The summed E-state index contributed by atoms with van der Waals surface area (Å²) in [5, 5.41) is 6.36. The molecule has 1 aromatic heterocycles. The van der Waals surface area contributed by atoms with Crippen molar-refractivity contribution in [3.8, 4) is 0 Å². The molecule has 2 aromatic rings. The minimum Gasteiger partial charge on any atom is -0.343 e. The van der Waals surface area contributed by atoms with Crippen molar-refractivity contribution in [1.82, 2.24) is 10.2 Å². The number of thiophene rings is 1. The first-order chi connectivity index (χ1) is 11.2. The minimum atomic E-state index is -0.190. The Balaban J connectivity index is 1.66. The smallest absolute Gasteiger partial charge is 0.252 e. The van der Waals surface area contributed by atoms with Crippen molar-refractivity contribution in [2.45, 2.75) is 25.8 Å². The molecule has 1 aromatic carbocycles. The third-order valence-electron chi connectivity index (χ3n) is 4.30. The van der Waals surface area contributed by atoms with Gasteiger partial charge in [-0.3, -0.25) is 9.59 Å². The maximum atomic E-state index is 12.6. The van der Waals surface area contributed by atoms with Gasteiger partial charge in [-0.2, -0.15) is 11.3 Å². The maximum Gasteiger partial charge on any atom is 0.252 e. The summed E-state index contributed by atoms with van der Waals surface area (Å²) < 4.78 is 0. The number of benzene rings is 1. The lowest BCUT2D eigenvalue weighted by Gasteiger charge is -2.37. The lowest BCUT2D eigenvalue weighted by atomic mass is 9.91. The molecule has 0 bridgehead atoms. The summed E-state index contributed by atoms with van der Waals surface area (Å²) in [5.41, 5.74) is 3.17. The maximum absolute atomic E-state index is 12.6. The third kappa shape index (κ3) is 3.29. The van der Waals surface area contributed by atoms with Gasteiger partial charge in [-0.05, 0) is 35.4 Å². The van der Waals surface area contributed by atoms with E-state index in [1.54, 1.807) is 11.4 Å². The van der Waals surface area contributed by atoms with E-state index >= 15 is 0 Å². The van der Waals surface area contributed by atoms with Crippen LogP contribution in [0.4, 0.5) is 0 Å². The van der Waals surface area contributed by atoms with Gasteiger partial charge >= 0.3 is 0 Å². The van der Waals surface area contributed by atoms with Crippen LogP contribution in [0, 0.1) is 0 Å². The molecule has 0 saturated heterocycles. The number of amides is 2. The average Bonchev–Trinajstić information content (AvgIpc) is 3.13. The average molecular weight is 328 g/mol. The largest absolute Gasteiger partial charge is 0.343 e. The highest BCUT2D eigenvalue weighted by molar-refractivity contribution is 7.08. The molecule has 2 heterocycles. The van der Waals surface area contributed by atoms with Crippen molar-refractivity contribution in [1.29, 1.82) is 0 Å². The van der Waals surface area contributed by atoms with E-state index in [-0.39, 0.29) is 24.4 Å². The molecular formula is C18H20N2O2S. The Bertz CT molecular complexity index is 697. The number of nitrogens with zero attached hydrogens (tertiary/aromatic N) is 1. The summed E-state index contributed by atoms with van der Waals surface area (Å²) in [6.45, 7) is 2.85. The van der Waals surface area contributed by atoms with Gasteiger partial charge in [-0.1, -0.05) is 31.2 Å². The van der Waals surface area contributed by atoms with Crippen molar-refractivity contribution < 1.29 is 9.59 Å². The highest BCUT2D eigenvalue weighted by Crippen LogP contribution is 2.31. The number of nitrogens with one attached hydrogen (secondary N) is 1. The van der Waals surface area contributed by atoms with Gasteiger partial charge in [0.25, 0.3) is 5.91 Å². The first-order valence-corrected chi connectivity index (χ1v) is 8.82. The van der Waals surface area contributed by atoms with Crippen molar-refractivity contribution in [3.63, 3.8) is 0 Å². The Morgan fingerprint density at radius 3 is 2.87 bits per heavy atom. The fourth-order valence-electron chi connectivity index (χ4n) is 3.14. The van der Waals surface area contributed by atoms with Crippen LogP contribution >= 0.6 is 11.3 Å². The van der Waals surface area contributed by atoms with E-state index in [2.05, 4.69) is 24.4 Å². The van der Waals surface area contributed by atoms with Crippen LogP contribution in [0.15, 0.2) is 41.1 Å². The van der Waals surface area contributed by atoms with Crippen molar-refractivity contribution in [2.75, 3.05) is 13.1 Å². The number of carbonyl (C=O) groups is 2. The van der Waals surface area contributed by atoms with Gasteiger partial charge in [0.05, 0.1) is 12.6 Å². The Morgan fingerprint density at radius 2 is 2.13 bits per heavy atom. The molecule has 0 radical (unpaired) electrons. The lowest BCUT2D eigenvalue weighted by Crippen LogP contribution is -2.45. The van der Waals surface area contributed by atoms with Crippen molar-refractivity contribution >= 4 is 23.2 Å². The van der Waals surface area contributed by atoms with Crippen LogP contribution in [0.3, 0.4) is 0 Å². The Hall–Kier alpha value is -2.14. The highest BCUT2D eigenvalue weighted by Gasteiger charge is 2.29. The van der Waals surface area contributed by atoms with Crippen LogP contribution in [-0.4, -0.2) is 29.8 Å². The van der Waals surface area contributed by atoms with Gasteiger partial charge in [0, 0.05) is 17.5 Å². The molecule has 4 nitrogen and oxygen atoms in total. The van der Waals surface area contributed by atoms with E-state index in [0.29, 0.717) is 12.1 Å². The molecule has 1 unspecified atom stereocenters. The molecule has 5 heteroatoms. The zero-order chi connectivity index (χ0) is 16.2. The summed E-state index contributed by atoms with van der Waals surface area (Å²) in [5.74, 6) is -0.208. The van der Waals surface area contributed by atoms with Gasteiger partial charge < -0.3 is 10.2 Å². The molecule has 3 rings (SSSR count). The fourth-order valence-corrected chi connectivity index (χ4v) is 3.78. The van der Waals surface area contributed by atoms with Gasteiger partial charge in [-0.15, -0.1) is 0 Å². The van der Waals surface area contributed by atoms with Crippen LogP contribution in [0.5, 0.6) is 0 Å². The molecular weight excluding hydrogens is 308 g/mol. The number of carbonyl (C=O) groups excluding carboxylic acids is 2. The molecule has 0 spiro atoms. The summed E-state index contributed by atoms with van der Waals surface area (Å²) >= 11 is 1.47. The zero-order valence-corrected chi connectivity index (χ0v) is 13.9. The van der Waals surface area contributed by atoms with Gasteiger partial charge in [0.15, 0.2) is 0 Å². The Labute approximate surface area is 140 Å². The molecule has 0 fully saturated rings. The summed E-state index contributed by atoms with van der Waals surface area (Å²) in [4.78, 5) is 26.4. The predicted molar refractivity (Wildman–Crippen MR) is 91.5 cm³/mol. The second kappa shape index (κ2) is 6.96. The van der Waals surface area contributed by atoms with Crippen LogP contribution in [-0.2, 0) is 11.2 Å². The van der Waals surface area contributed by atoms with E-state index < -0.39 is 0 Å². The number of fused-ring (bicyclic) bond motifs is 1. The summed E-state index contributed by atoms with van der Waals surface area (Å²) in [7, 11) is 0. The van der Waals surface area contributed by atoms with Crippen LogP contribution in [0.1, 0.15) is 40.9 Å². The van der Waals surface area contributed by atoms with Crippen molar-refractivity contribution in [2.24, 2.45) is 0 Å². The lowest BCUT2D eigenvalue weighted by molar-refractivity contribution is -0.133. The molecule has 1 N–H and O–H groups in total. The zero-order valence-electron chi connectivity index (χ0n) is 13.1. The SMILES string of the molecule is CCC1c2ccccc2CCN1C(=O)CNC(=O)c1ccsc1. The van der Waals surface area contributed by atoms with Gasteiger partial charge in [0.1, 0.15) is 0 Å². The van der Waals surface area contributed by atoms with E-state index in [0.717, 1.165) is 12.8 Å². The third-order valence-corrected chi connectivity index (χ3v) is 4.99. The topological polar surface area (TPSA) is 49.4 Å². The fraction of sp³-hybridized carbons (Fsp3) is 0.333. The Morgan fingerprint density at radius 1 is 1.30 bits per heavy atom. The first kappa shape index (κ1) is 15.7. The van der Waals surface area contributed by atoms with E-state index in [1.165, 1.54) is 22.5 Å². The molecule has 23 heavy (non-hydrogen) atoms. The van der Waals surface area contributed by atoms with E-state index in [9.17, 15) is 9.59 Å². The highest BCUT2D eigenvalue weighted by atomic mass is 32.1. The predicted octanol–water partition coefficient (Wildman–Crippen LogP) is 3.01.